The van der Waals surface area contributed by atoms with Crippen LogP contribution in [0.15, 0.2) is 30.3 Å². The summed E-state index contributed by atoms with van der Waals surface area (Å²) in [7, 11) is 1.62. The quantitative estimate of drug-likeness (QED) is 0.407. The van der Waals surface area contributed by atoms with Gasteiger partial charge in [0.15, 0.2) is 11.5 Å². The molecule has 7 nitrogen and oxygen atoms in total. The molecular weight excluding hydrogens is 442 g/mol. The van der Waals surface area contributed by atoms with Crippen LogP contribution in [-0.4, -0.2) is 46.4 Å². The number of hydrogen-bond donors (Lipinski definition) is 2. The van der Waals surface area contributed by atoms with Gasteiger partial charge in [-0.05, 0) is 61.1 Å². The fourth-order valence-corrected chi connectivity index (χ4v) is 4.68. The second-order valence-corrected chi connectivity index (χ2v) is 9.71. The first-order valence-electron chi connectivity index (χ1n) is 12.3. The molecule has 35 heavy (non-hydrogen) atoms. The minimum Gasteiger partial charge on any atom is -0.507 e. The van der Waals surface area contributed by atoms with Gasteiger partial charge in [-0.1, -0.05) is 39.3 Å². The maximum Gasteiger partial charge on any atom is 0.273 e. The number of aromatic hydroxyl groups is 1. The van der Waals surface area contributed by atoms with Gasteiger partial charge in [0.2, 0.25) is 0 Å². The lowest BCUT2D eigenvalue weighted by molar-refractivity contribution is 0.0741. The molecule has 7 heteroatoms. The van der Waals surface area contributed by atoms with Gasteiger partial charge in [-0.25, -0.2) is 0 Å². The highest BCUT2D eigenvalue weighted by Gasteiger charge is 2.42. The van der Waals surface area contributed by atoms with Crippen LogP contribution < -0.4 is 9.47 Å². The summed E-state index contributed by atoms with van der Waals surface area (Å²) in [4.78, 5) is 15.4. The summed E-state index contributed by atoms with van der Waals surface area (Å²) in [5.41, 5.74) is 5.18. The number of ether oxygens (including phenoxy) is 2. The van der Waals surface area contributed by atoms with Crippen LogP contribution in [0.1, 0.15) is 72.4 Å². The first-order valence-corrected chi connectivity index (χ1v) is 12.3. The van der Waals surface area contributed by atoms with Crippen molar-refractivity contribution in [3.63, 3.8) is 0 Å². The number of methoxy groups -OCH3 is 1. The van der Waals surface area contributed by atoms with Crippen LogP contribution >= 0.6 is 0 Å². The standard InChI is InChI=1S/C28H35N3O4/c1-7-8-11-31-26(19-9-10-21(22(14-19)34-6)35-15-16(2)3)23-24(29-30-25(23)28(31)33)20-13-17(4)12-18(5)27(20)32/h9-10,12-14,16,26,32H,7-8,11,15H2,1-6H3,(H,29,30). The Balaban J connectivity index is 1.85. The van der Waals surface area contributed by atoms with Gasteiger partial charge < -0.3 is 19.5 Å². The molecule has 1 unspecified atom stereocenters. The van der Waals surface area contributed by atoms with Crippen molar-refractivity contribution in [1.29, 1.82) is 0 Å². The summed E-state index contributed by atoms with van der Waals surface area (Å²) in [6.07, 6.45) is 1.86. The summed E-state index contributed by atoms with van der Waals surface area (Å²) in [5.74, 6) is 1.78. The van der Waals surface area contributed by atoms with Gasteiger partial charge in [0.1, 0.15) is 17.1 Å². The number of H-pyrrole nitrogens is 1. The number of phenols is 1. The van der Waals surface area contributed by atoms with Crippen molar-refractivity contribution in [2.45, 2.75) is 53.5 Å². The molecule has 2 N–H and O–H groups in total. The van der Waals surface area contributed by atoms with Crippen molar-refractivity contribution in [3.05, 3.63) is 58.3 Å². The minimum absolute atomic E-state index is 0.0832. The molecule has 1 atom stereocenters. The average molecular weight is 478 g/mol. The number of rotatable bonds is 9. The molecule has 4 rings (SSSR count). The predicted octanol–water partition coefficient (Wildman–Crippen LogP) is 5.79. The van der Waals surface area contributed by atoms with Crippen LogP contribution in [-0.2, 0) is 0 Å². The third-order valence-corrected chi connectivity index (χ3v) is 6.39. The lowest BCUT2D eigenvalue weighted by Gasteiger charge is -2.27. The Labute approximate surface area is 207 Å². The summed E-state index contributed by atoms with van der Waals surface area (Å²) < 4.78 is 11.6. The number of hydrogen-bond acceptors (Lipinski definition) is 5. The van der Waals surface area contributed by atoms with Gasteiger partial charge in [0.05, 0.1) is 19.8 Å². The fraction of sp³-hybridized carbons (Fsp3) is 0.429. The first-order chi connectivity index (χ1) is 16.8. The normalized spacial score (nSPS) is 15.1. The van der Waals surface area contributed by atoms with Crippen molar-refractivity contribution in [2.75, 3.05) is 20.3 Å². The molecule has 0 aliphatic carbocycles. The van der Waals surface area contributed by atoms with E-state index < -0.39 is 0 Å². The largest absolute Gasteiger partial charge is 0.507 e. The molecule has 3 aromatic rings. The Hall–Kier alpha value is -3.48. The Morgan fingerprint density at radius 2 is 1.94 bits per heavy atom. The van der Waals surface area contributed by atoms with Gasteiger partial charge >= 0.3 is 0 Å². The van der Waals surface area contributed by atoms with Crippen LogP contribution in [0.2, 0.25) is 0 Å². The van der Waals surface area contributed by atoms with Crippen molar-refractivity contribution in [3.8, 4) is 28.5 Å². The highest BCUT2D eigenvalue weighted by atomic mass is 16.5. The zero-order valence-electron chi connectivity index (χ0n) is 21.4. The minimum atomic E-state index is -0.355. The number of nitrogens with one attached hydrogen (secondary N) is 1. The molecule has 0 fully saturated rings. The van der Waals surface area contributed by atoms with E-state index in [1.54, 1.807) is 7.11 Å². The van der Waals surface area contributed by atoms with Gasteiger partial charge in [-0.2, -0.15) is 5.10 Å². The SMILES string of the molecule is CCCCN1C(=O)c2[nH]nc(-c3cc(C)cc(C)c3O)c2C1c1ccc(OCC(C)C)c(OC)c1. The summed E-state index contributed by atoms with van der Waals surface area (Å²) in [6, 6.07) is 9.33. The van der Waals surface area contributed by atoms with Crippen LogP contribution in [0.3, 0.4) is 0 Å². The van der Waals surface area contributed by atoms with Gasteiger partial charge in [0.25, 0.3) is 5.91 Å². The third-order valence-electron chi connectivity index (χ3n) is 6.39. The Morgan fingerprint density at radius 3 is 2.63 bits per heavy atom. The summed E-state index contributed by atoms with van der Waals surface area (Å²) in [5, 5.41) is 18.4. The highest BCUT2D eigenvalue weighted by molar-refractivity contribution is 6.00. The number of aromatic amines is 1. The third kappa shape index (κ3) is 4.59. The number of amides is 1. The number of aromatic nitrogens is 2. The van der Waals surface area contributed by atoms with E-state index >= 15 is 0 Å². The van der Waals surface area contributed by atoms with Crippen LogP contribution in [0.5, 0.6) is 17.2 Å². The van der Waals surface area contributed by atoms with E-state index in [1.165, 1.54) is 0 Å². The van der Waals surface area contributed by atoms with Gasteiger partial charge in [0, 0.05) is 17.7 Å². The lowest BCUT2D eigenvalue weighted by Crippen LogP contribution is -2.30. The number of phenolic OH excluding ortho intramolecular Hbond substituents is 1. The van der Waals surface area contributed by atoms with E-state index in [1.807, 2.05) is 49.1 Å². The van der Waals surface area contributed by atoms with Crippen molar-refractivity contribution in [1.82, 2.24) is 15.1 Å². The maximum atomic E-state index is 13.5. The van der Waals surface area contributed by atoms with Crippen molar-refractivity contribution < 1.29 is 19.4 Å². The number of unbranched alkanes of at least 4 members (excludes halogenated alkanes) is 1. The number of benzene rings is 2. The molecule has 1 aliphatic rings. The van der Waals surface area contributed by atoms with E-state index in [4.69, 9.17) is 9.47 Å². The Kier molecular flexibility index (Phi) is 7.05. The molecular formula is C28H35N3O4. The van der Waals surface area contributed by atoms with Gasteiger partial charge in [-0.15, -0.1) is 0 Å². The maximum absolute atomic E-state index is 13.5. The number of carbonyl (C=O) groups excluding carboxylic acids is 1. The molecule has 0 bridgehead atoms. The molecule has 1 amide bonds. The van der Waals surface area contributed by atoms with E-state index in [-0.39, 0.29) is 17.7 Å². The summed E-state index contributed by atoms with van der Waals surface area (Å²) in [6.45, 7) is 11.4. The predicted molar refractivity (Wildman–Crippen MR) is 136 cm³/mol. The van der Waals surface area contributed by atoms with E-state index in [9.17, 15) is 9.90 Å². The summed E-state index contributed by atoms with van der Waals surface area (Å²) >= 11 is 0. The second-order valence-electron chi connectivity index (χ2n) is 9.71. The smallest absolute Gasteiger partial charge is 0.273 e. The molecule has 0 radical (unpaired) electrons. The monoisotopic (exact) mass is 477 g/mol. The number of aryl methyl sites for hydroxylation is 2. The van der Waals surface area contributed by atoms with E-state index in [0.29, 0.717) is 47.5 Å². The zero-order chi connectivity index (χ0) is 25.3. The highest BCUT2D eigenvalue weighted by Crippen LogP contribution is 2.46. The molecule has 0 saturated heterocycles. The molecule has 1 aromatic heterocycles. The zero-order valence-corrected chi connectivity index (χ0v) is 21.4. The Bertz CT molecular complexity index is 1230. The van der Waals surface area contributed by atoms with Crippen LogP contribution in [0.25, 0.3) is 11.3 Å². The molecule has 1 aliphatic heterocycles. The second kappa shape index (κ2) is 10.0. The fourth-order valence-electron chi connectivity index (χ4n) is 4.68. The number of carbonyl (C=O) groups is 1. The van der Waals surface area contributed by atoms with E-state index in [0.717, 1.165) is 35.1 Å². The van der Waals surface area contributed by atoms with Crippen LogP contribution in [0, 0.1) is 19.8 Å². The van der Waals surface area contributed by atoms with Crippen molar-refractivity contribution >= 4 is 5.91 Å². The first kappa shape index (κ1) is 24.6. The number of fused-ring (bicyclic) bond motifs is 1. The number of nitrogens with zero attached hydrogens (tertiary/aromatic N) is 2. The Morgan fingerprint density at radius 1 is 1.17 bits per heavy atom. The molecule has 186 valence electrons. The lowest BCUT2D eigenvalue weighted by atomic mass is 9.93. The average Bonchev–Trinajstić information content (AvgIpc) is 3.37. The van der Waals surface area contributed by atoms with Crippen molar-refractivity contribution in [2.24, 2.45) is 5.92 Å². The van der Waals surface area contributed by atoms with Crippen LogP contribution in [0.4, 0.5) is 0 Å². The van der Waals surface area contributed by atoms with E-state index in [2.05, 4.69) is 31.0 Å². The van der Waals surface area contributed by atoms with Gasteiger partial charge in [-0.3, -0.25) is 9.89 Å². The molecule has 0 saturated carbocycles. The molecule has 2 aromatic carbocycles. The topological polar surface area (TPSA) is 87.7 Å². The molecule has 0 spiro atoms. The molecule has 2 heterocycles.